The van der Waals surface area contributed by atoms with Crippen molar-refractivity contribution in [2.45, 2.75) is 25.8 Å². The van der Waals surface area contributed by atoms with Crippen molar-refractivity contribution < 1.29 is 18.7 Å². The summed E-state index contributed by atoms with van der Waals surface area (Å²) in [5.74, 6) is 1.27. The Morgan fingerprint density at radius 2 is 1.75 bits per heavy atom. The van der Waals surface area contributed by atoms with Crippen molar-refractivity contribution in [2.75, 3.05) is 20.8 Å². The van der Waals surface area contributed by atoms with Crippen molar-refractivity contribution in [3.63, 3.8) is 0 Å². The maximum atomic E-state index is 13.0. The van der Waals surface area contributed by atoms with Gasteiger partial charge in [-0.2, -0.15) is 0 Å². The van der Waals surface area contributed by atoms with Gasteiger partial charge < -0.3 is 23.8 Å². The number of rotatable bonds is 10. The summed E-state index contributed by atoms with van der Waals surface area (Å²) >= 11 is 0. The summed E-state index contributed by atoms with van der Waals surface area (Å²) < 4.78 is 18.2. The standard InChI is InChI=1S/C26H28N2O4/c1-30-23-11-10-20(17-25(23)31-2)12-14-27-26(29)22-18-24-21(13-16-32-24)28(22)15-6-9-19-7-4-3-5-8-19/h3-5,7-8,10-11,13,16-18H,6,9,12,14-15H2,1-2H3,(H,27,29). The molecule has 6 nitrogen and oxygen atoms in total. The fourth-order valence-electron chi connectivity index (χ4n) is 3.94. The van der Waals surface area contributed by atoms with E-state index in [2.05, 4.69) is 29.6 Å². The molecule has 0 saturated carbocycles. The molecule has 0 aliphatic carbocycles. The predicted octanol–water partition coefficient (Wildman–Crippen LogP) is 4.86. The number of fused-ring (bicyclic) bond motifs is 1. The molecule has 1 amide bonds. The van der Waals surface area contributed by atoms with Crippen LogP contribution < -0.4 is 14.8 Å². The van der Waals surface area contributed by atoms with E-state index in [1.165, 1.54) is 5.56 Å². The van der Waals surface area contributed by atoms with E-state index in [1.54, 1.807) is 20.5 Å². The molecule has 0 radical (unpaired) electrons. The highest BCUT2D eigenvalue weighted by Crippen LogP contribution is 2.27. The first-order valence-corrected chi connectivity index (χ1v) is 10.8. The number of nitrogens with zero attached hydrogens (tertiary/aromatic N) is 1. The van der Waals surface area contributed by atoms with Crippen LogP contribution in [0.15, 0.2) is 71.3 Å². The number of ether oxygens (including phenoxy) is 2. The molecule has 32 heavy (non-hydrogen) atoms. The fraction of sp³-hybridized carbons (Fsp3) is 0.269. The molecule has 0 aliphatic heterocycles. The zero-order valence-electron chi connectivity index (χ0n) is 18.5. The van der Waals surface area contributed by atoms with Gasteiger partial charge in [-0.15, -0.1) is 0 Å². The first-order valence-electron chi connectivity index (χ1n) is 10.8. The summed E-state index contributed by atoms with van der Waals surface area (Å²) in [4.78, 5) is 13.0. The molecule has 0 unspecified atom stereocenters. The summed E-state index contributed by atoms with van der Waals surface area (Å²) in [6, 6.07) is 19.9. The van der Waals surface area contributed by atoms with Gasteiger partial charge in [0.1, 0.15) is 5.69 Å². The summed E-state index contributed by atoms with van der Waals surface area (Å²) in [5, 5.41) is 3.04. The van der Waals surface area contributed by atoms with E-state index in [4.69, 9.17) is 13.9 Å². The Bertz CT molecular complexity index is 1180. The van der Waals surface area contributed by atoms with Crippen molar-refractivity contribution in [3.05, 3.63) is 83.7 Å². The summed E-state index contributed by atoms with van der Waals surface area (Å²) in [6.07, 6.45) is 4.25. The number of furan rings is 1. The van der Waals surface area contributed by atoms with Crippen molar-refractivity contribution in [3.8, 4) is 11.5 Å². The Hall–Kier alpha value is -3.67. The fourth-order valence-corrected chi connectivity index (χ4v) is 3.94. The Balaban J connectivity index is 1.40. The van der Waals surface area contributed by atoms with Crippen molar-refractivity contribution in [1.29, 1.82) is 0 Å². The van der Waals surface area contributed by atoms with Gasteiger partial charge in [0.15, 0.2) is 17.1 Å². The molecular weight excluding hydrogens is 404 g/mol. The molecule has 0 spiro atoms. The van der Waals surface area contributed by atoms with E-state index in [0.29, 0.717) is 30.2 Å². The SMILES string of the molecule is COc1ccc(CCNC(=O)c2cc3occc3n2CCCc2ccccc2)cc1OC. The molecule has 0 aliphatic rings. The average molecular weight is 433 g/mol. The van der Waals surface area contributed by atoms with E-state index < -0.39 is 0 Å². The third kappa shape index (κ3) is 4.80. The largest absolute Gasteiger partial charge is 0.493 e. The number of aryl methyl sites for hydroxylation is 2. The van der Waals surface area contributed by atoms with Crippen LogP contribution in [0.2, 0.25) is 0 Å². The molecule has 0 saturated heterocycles. The second kappa shape index (κ2) is 10.1. The number of benzene rings is 2. The summed E-state index contributed by atoms with van der Waals surface area (Å²) in [7, 11) is 3.23. The number of aromatic nitrogens is 1. The molecule has 0 bridgehead atoms. The molecule has 0 fully saturated rings. The second-order valence-electron chi connectivity index (χ2n) is 7.64. The molecule has 6 heteroatoms. The van der Waals surface area contributed by atoms with Crippen molar-refractivity contribution in [1.82, 2.24) is 9.88 Å². The minimum Gasteiger partial charge on any atom is -0.493 e. The normalized spacial score (nSPS) is 10.9. The molecule has 0 atom stereocenters. The van der Waals surface area contributed by atoms with Crippen LogP contribution in [0.4, 0.5) is 0 Å². The minimum absolute atomic E-state index is 0.100. The molecule has 2 aromatic carbocycles. The van der Waals surface area contributed by atoms with Gasteiger partial charge in [-0.1, -0.05) is 36.4 Å². The molecule has 4 rings (SSSR count). The molecule has 2 heterocycles. The van der Waals surface area contributed by atoms with E-state index in [-0.39, 0.29) is 5.91 Å². The van der Waals surface area contributed by atoms with Crippen LogP contribution in [0.25, 0.3) is 11.1 Å². The van der Waals surface area contributed by atoms with E-state index >= 15 is 0 Å². The summed E-state index contributed by atoms with van der Waals surface area (Å²) in [5.41, 5.74) is 4.66. The lowest BCUT2D eigenvalue weighted by Gasteiger charge is -2.12. The zero-order chi connectivity index (χ0) is 22.3. The Labute approximate surface area is 187 Å². The van der Waals surface area contributed by atoms with Crippen LogP contribution in [0, 0.1) is 0 Å². The number of hydrogen-bond acceptors (Lipinski definition) is 4. The van der Waals surface area contributed by atoms with Crippen LogP contribution in [-0.4, -0.2) is 31.2 Å². The smallest absolute Gasteiger partial charge is 0.268 e. The van der Waals surface area contributed by atoms with E-state index in [9.17, 15) is 4.79 Å². The van der Waals surface area contributed by atoms with Crippen LogP contribution in [0.5, 0.6) is 11.5 Å². The minimum atomic E-state index is -0.100. The highest BCUT2D eigenvalue weighted by molar-refractivity contribution is 5.97. The van der Waals surface area contributed by atoms with Gasteiger partial charge >= 0.3 is 0 Å². The van der Waals surface area contributed by atoms with Gasteiger partial charge in [-0.3, -0.25) is 4.79 Å². The number of amides is 1. The average Bonchev–Trinajstić information content (AvgIpc) is 3.42. The first kappa shape index (κ1) is 21.6. The van der Waals surface area contributed by atoms with Gasteiger partial charge in [0.05, 0.1) is 26.0 Å². The Morgan fingerprint density at radius 1 is 0.938 bits per heavy atom. The molecular formula is C26H28N2O4. The van der Waals surface area contributed by atoms with Crippen LogP contribution in [-0.2, 0) is 19.4 Å². The molecule has 1 N–H and O–H groups in total. The monoisotopic (exact) mass is 432 g/mol. The zero-order valence-corrected chi connectivity index (χ0v) is 18.5. The van der Waals surface area contributed by atoms with Gasteiger partial charge in [0.2, 0.25) is 0 Å². The first-order chi connectivity index (χ1) is 15.7. The van der Waals surface area contributed by atoms with Crippen molar-refractivity contribution >= 4 is 17.0 Å². The second-order valence-corrected chi connectivity index (χ2v) is 7.64. The molecule has 2 aromatic heterocycles. The van der Waals surface area contributed by atoms with Crippen LogP contribution in [0.3, 0.4) is 0 Å². The highest BCUT2D eigenvalue weighted by Gasteiger charge is 2.17. The number of methoxy groups -OCH3 is 2. The van der Waals surface area contributed by atoms with E-state index in [1.807, 2.05) is 41.0 Å². The van der Waals surface area contributed by atoms with Gasteiger partial charge in [0.25, 0.3) is 5.91 Å². The quantitative estimate of drug-likeness (QED) is 0.389. The predicted molar refractivity (Wildman–Crippen MR) is 125 cm³/mol. The summed E-state index contributed by atoms with van der Waals surface area (Å²) in [6.45, 7) is 1.27. The molecule has 166 valence electrons. The lowest BCUT2D eigenvalue weighted by molar-refractivity contribution is 0.0945. The third-order valence-electron chi connectivity index (χ3n) is 5.59. The van der Waals surface area contributed by atoms with E-state index in [0.717, 1.165) is 36.0 Å². The van der Waals surface area contributed by atoms with Crippen LogP contribution >= 0.6 is 0 Å². The molecule has 4 aromatic rings. The number of nitrogens with one attached hydrogen (secondary N) is 1. The maximum Gasteiger partial charge on any atom is 0.268 e. The third-order valence-corrected chi connectivity index (χ3v) is 5.59. The Kier molecular flexibility index (Phi) is 6.80. The number of hydrogen-bond donors (Lipinski definition) is 1. The van der Waals surface area contributed by atoms with Crippen molar-refractivity contribution in [2.24, 2.45) is 0 Å². The van der Waals surface area contributed by atoms with Gasteiger partial charge in [-0.25, -0.2) is 0 Å². The topological polar surface area (TPSA) is 65.6 Å². The Morgan fingerprint density at radius 3 is 2.53 bits per heavy atom. The highest BCUT2D eigenvalue weighted by atomic mass is 16.5. The number of carbonyl (C=O) groups excluding carboxylic acids is 1. The lowest BCUT2D eigenvalue weighted by Crippen LogP contribution is -2.28. The lowest BCUT2D eigenvalue weighted by atomic mass is 10.1. The van der Waals surface area contributed by atoms with Crippen LogP contribution in [0.1, 0.15) is 28.0 Å². The van der Waals surface area contributed by atoms with Gasteiger partial charge in [0, 0.05) is 25.2 Å². The number of carbonyl (C=O) groups is 1. The maximum absolute atomic E-state index is 13.0. The van der Waals surface area contributed by atoms with Gasteiger partial charge in [-0.05, 0) is 42.5 Å².